The van der Waals surface area contributed by atoms with Crippen LogP contribution in [-0.2, 0) is 65.4 Å². The van der Waals surface area contributed by atoms with Crippen molar-refractivity contribution in [3.05, 3.63) is 0 Å². The number of phosphoric acid groups is 2. The fourth-order valence-corrected chi connectivity index (χ4v) is 13.4. The highest BCUT2D eigenvalue weighted by Gasteiger charge is 2.30. The number of unbranched alkanes of at least 4 members (excludes halogenated alkanes) is 43. The Labute approximate surface area is 588 Å². The minimum atomic E-state index is -4.96. The average Bonchev–Trinajstić information content (AvgIpc) is 2.76. The van der Waals surface area contributed by atoms with Crippen LogP contribution in [0.3, 0.4) is 0 Å². The Morgan fingerprint density at radius 2 is 0.479 bits per heavy atom. The fraction of sp³-hybridized carbons (Fsp3) is 0.948. The Hall–Kier alpha value is -1.94. The number of phosphoric ester groups is 2. The molecule has 0 aliphatic rings. The zero-order valence-corrected chi connectivity index (χ0v) is 64.6. The number of aliphatic hydroxyl groups is 1. The lowest BCUT2D eigenvalue weighted by atomic mass is 10.0. The predicted octanol–water partition coefficient (Wildman–Crippen LogP) is 22.6. The summed E-state index contributed by atoms with van der Waals surface area (Å²) >= 11 is 0. The molecule has 0 amide bonds. The maximum Gasteiger partial charge on any atom is 0.472 e. The molecule has 19 heteroatoms. The largest absolute Gasteiger partial charge is 0.472 e. The van der Waals surface area contributed by atoms with Crippen molar-refractivity contribution in [2.24, 2.45) is 17.8 Å². The Balaban J connectivity index is 5.25. The van der Waals surface area contributed by atoms with E-state index in [0.29, 0.717) is 31.6 Å². The number of esters is 4. The van der Waals surface area contributed by atoms with Crippen LogP contribution in [0.15, 0.2) is 0 Å². The first-order chi connectivity index (χ1) is 46.2. The molecule has 0 spiro atoms. The van der Waals surface area contributed by atoms with E-state index in [0.717, 1.165) is 108 Å². The zero-order chi connectivity index (χ0) is 70.9. The molecule has 0 aromatic heterocycles. The van der Waals surface area contributed by atoms with Gasteiger partial charge in [-0.3, -0.25) is 37.3 Å². The van der Waals surface area contributed by atoms with Gasteiger partial charge in [-0.2, -0.15) is 0 Å². The third-order valence-corrected chi connectivity index (χ3v) is 19.8. The number of hydrogen-bond donors (Lipinski definition) is 3. The van der Waals surface area contributed by atoms with Gasteiger partial charge in [-0.05, 0) is 43.4 Å². The van der Waals surface area contributed by atoms with Crippen LogP contribution in [0.25, 0.3) is 0 Å². The lowest BCUT2D eigenvalue weighted by molar-refractivity contribution is -0.161. The molecule has 0 aromatic rings. The topological polar surface area (TPSA) is 237 Å². The van der Waals surface area contributed by atoms with Gasteiger partial charge in [-0.1, -0.05) is 344 Å². The third kappa shape index (κ3) is 70.5. The van der Waals surface area contributed by atoms with E-state index in [-0.39, 0.29) is 25.7 Å². The molecule has 17 nitrogen and oxygen atoms in total. The van der Waals surface area contributed by atoms with E-state index in [1.165, 1.54) is 199 Å². The third-order valence-electron chi connectivity index (χ3n) is 17.9. The monoisotopic (exact) mass is 1410 g/mol. The van der Waals surface area contributed by atoms with Gasteiger partial charge in [0.05, 0.1) is 26.4 Å². The van der Waals surface area contributed by atoms with Crippen molar-refractivity contribution >= 4 is 39.5 Å². The van der Waals surface area contributed by atoms with Gasteiger partial charge < -0.3 is 33.8 Å². The second-order valence-corrected chi connectivity index (χ2v) is 32.1. The lowest BCUT2D eigenvalue weighted by Crippen LogP contribution is -2.30. The molecule has 0 aromatic carbocycles. The van der Waals surface area contributed by atoms with Crippen molar-refractivity contribution in [2.75, 3.05) is 39.6 Å². The molecule has 0 bridgehead atoms. The molecule has 570 valence electrons. The number of aliphatic hydroxyl groups excluding tert-OH is 1. The molecule has 0 fully saturated rings. The molecule has 2 unspecified atom stereocenters. The van der Waals surface area contributed by atoms with Crippen LogP contribution in [0.4, 0.5) is 0 Å². The van der Waals surface area contributed by atoms with E-state index in [1.54, 1.807) is 0 Å². The van der Waals surface area contributed by atoms with Gasteiger partial charge >= 0.3 is 39.5 Å². The Morgan fingerprint density at radius 1 is 0.281 bits per heavy atom. The summed E-state index contributed by atoms with van der Waals surface area (Å²) in [6, 6.07) is 0. The zero-order valence-electron chi connectivity index (χ0n) is 62.8. The van der Waals surface area contributed by atoms with Gasteiger partial charge in [-0.25, -0.2) is 9.13 Å². The summed E-state index contributed by atoms with van der Waals surface area (Å²) in [5, 5.41) is 10.6. The maximum atomic E-state index is 13.1. The molecular weight excluding hydrogens is 1260 g/mol. The predicted molar refractivity (Wildman–Crippen MR) is 391 cm³/mol. The molecule has 0 aliphatic heterocycles. The summed E-state index contributed by atoms with van der Waals surface area (Å²) in [6.45, 7) is 11.9. The van der Waals surface area contributed by atoms with E-state index in [1.807, 2.05) is 0 Å². The van der Waals surface area contributed by atoms with Crippen LogP contribution in [0.2, 0.25) is 0 Å². The van der Waals surface area contributed by atoms with E-state index in [2.05, 4.69) is 48.5 Å². The normalized spacial score (nSPS) is 14.1. The van der Waals surface area contributed by atoms with Gasteiger partial charge in [0.15, 0.2) is 12.2 Å². The van der Waals surface area contributed by atoms with Crippen molar-refractivity contribution in [3.63, 3.8) is 0 Å². The van der Waals surface area contributed by atoms with E-state index >= 15 is 0 Å². The number of hydrogen-bond acceptors (Lipinski definition) is 15. The second-order valence-electron chi connectivity index (χ2n) is 29.2. The van der Waals surface area contributed by atoms with Gasteiger partial charge in [-0.15, -0.1) is 0 Å². The van der Waals surface area contributed by atoms with Crippen LogP contribution in [0.5, 0.6) is 0 Å². The van der Waals surface area contributed by atoms with Crippen molar-refractivity contribution in [2.45, 2.75) is 414 Å². The Bertz CT molecular complexity index is 1870. The van der Waals surface area contributed by atoms with E-state index in [9.17, 15) is 43.2 Å². The van der Waals surface area contributed by atoms with Crippen molar-refractivity contribution < 1.29 is 80.2 Å². The standard InChI is InChI=1S/C77H150O17P2/c1-8-9-10-11-12-13-14-15-16-17-18-26-31-38-46-53-60-76(81)93-72(64-87-74(79)58-51-44-37-30-25-21-19-23-28-34-41-48-55-68(2)3)66-91-95(83,84)89-62-71(78)63-90-96(85,86)92-67-73(65-88-75(80)59-52-45-40-33-36-43-50-57-70(6)7)94-77(82)61-54-47-39-32-27-22-20-24-29-35-42-49-56-69(4)5/h68-73,78H,8-67H2,1-7H3,(H,83,84)(H,85,86)/t71-,72-,73-/m1/s1. The molecule has 5 atom stereocenters. The minimum Gasteiger partial charge on any atom is -0.462 e. The molecule has 0 heterocycles. The summed E-state index contributed by atoms with van der Waals surface area (Å²) < 4.78 is 68.6. The smallest absolute Gasteiger partial charge is 0.462 e. The van der Waals surface area contributed by atoms with Crippen molar-refractivity contribution in [1.29, 1.82) is 0 Å². The fourth-order valence-electron chi connectivity index (χ4n) is 11.8. The summed E-state index contributed by atoms with van der Waals surface area (Å²) in [5.41, 5.74) is 0. The van der Waals surface area contributed by atoms with Gasteiger partial charge in [0, 0.05) is 25.7 Å². The summed E-state index contributed by atoms with van der Waals surface area (Å²) in [4.78, 5) is 72.9. The van der Waals surface area contributed by atoms with Gasteiger partial charge in [0.1, 0.15) is 19.3 Å². The van der Waals surface area contributed by atoms with Crippen LogP contribution in [0, 0.1) is 17.8 Å². The van der Waals surface area contributed by atoms with Gasteiger partial charge in [0.25, 0.3) is 0 Å². The van der Waals surface area contributed by atoms with Crippen molar-refractivity contribution in [1.82, 2.24) is 0 Å². The van der Waals surface area contributed by atoms with Crippen LogP contribution < -0.4 is 0 Å². The van der Waals surface area contributed by atoms with Gasteiger partial charge in [0.2, 0.25) is 0 Å². The highest BCUT2D eigenvalue weighted by Crippen LogP contribution is 2.45. The number of carbonyl (C=O) groups excluding carboxylic acids is 4. The highest BCUT2D eigenvalue weighted by atomic mass is 31.2. The Kier molecular flexibility index (Phi) is 66.2. The van der Waals surface area contributed by atoms with Crippen LogP contribution in [-0.4, -0.2) is 96.7 Å². The molecule has 0 saturated heterocycles. The Morgan fingerprint density at radius 3 is 0.708 bits per heavy atom. The minimum absolute atomic E-state index is 0.106. The first-order valence-corrected chi connectivity index (χ1v) is 42.8. The summed E-state index contributed by atoms with van der Waals surface area (Å²) in [5.74, 6) is 0.148. The summed E-state index contributed by atoms with van der Waals surface area (Å²) in [7, 11) is -9.91. The summed E-state index contributed by atoms with van der Waals surface area (Å²) in [6.07, 6.45) is 54.1. The lowest BCUT2D eigenvalue weighted by Gasteiger charge is -2.21. The molecule has 3 N–H and O–H groups in total. The first-order valence-electron chi connectivity index (χ1n) is 39.8. The van der Waals surface area contributed by atoms with E-state index in [4.69, 9.17) is 37.0 Å². The molecule has 0 saturated carbocycles. The quantitative estimate of drug-likeness (QED) is 0.0222. The number of rotatable bonds is 75. The SMILES string of the molecule is CCCCCCCCCCCCCCCCCCC(=O)O[C@H](COC(=O)CCCCCCCCCCCCCCC(C)C)COP(=O)(O)OC[C@@H](O)COP(=O)(O)OC[C@@H](COC(=O)CCCCCCCCCC(C)C)OC(=O)CCCCCCCCCCCCCCC(C)C. The van der Waals surface area contributed by atoms with Crippen LogP contribution >= 0.6 is 15.6 Å². The molecule has 0 aliphatic carbocycles. The first kappa shape index (κ1) is 94.1. The van der Waals surface area contributed by atoms with Crippen molar-refractivity contribution in [3.8, 4) is 0 Å². The number of carbonyl (C=O) groups is 4. The molecular formula is C77H150O17P2. The number of ether oxygens (including phenoxy) is 4. The highest BCUT2D eigenvalue weighted by molar-refractivity contribution is 7.47. The molecule has 0 radical (unpaired) electrons. The molecule has 96 heavy (non-hydrogen) atoms. The maximum absolute atomic E-state index is 13.1. The average molecular weight is 1410 g/mol. The second kappa shape index (κ2) is 67.5. The van der Waals surface area contributed by atoms with E-state index < -0.39 is 97.5 Å². The van der Waals surface area contributed by atoms with Crippen LogP contribution in [0.1, 0.15) is 395 Å². The molecule has 0 rings (SSSR count).